The smallest absolute Gasteiger partial charge is 0.137 e. The van der Waals surface area contributed by atoms with Crippen LogP contribution in [0.25, 0.3) is 66.1 Å². The monoisotopic (exact) mass is 777 g/mol. The summed E-state index contributed by atoms with van der Waals surface area (Å²) in [6.07, 6.45) is 0. The normalized spacial score (nSPS) is 12.7. The minimum atomic E-state index is -0.551. The van der Waals surface area contributed by atoms with Crippen molar-refractivity contribution >= 4 is 49.8 Å². The van der Waals surface area contributed by atoms with Crippen molar-refractivity contribution in [2.45, 2.75) is 5.41 Å². The van der Waals surface area contributed by atoms with Crippen LogP contribution in [-0.4, -0.2) is 0 Å². The Balaban J connectivity index is 1.21. The Bertz CT molecular complexity index is 3380. The van der Waals surface area contributed by atoms with Crippen LogP contribution in [0.2, 0.25) is 0 Å². The van der Waals surface area contributed by atoms with Crippen molar-refractivity contribution in [3.63, 3.8) is 0 Å². The van der Waals surface area contributed by atoms with Crippen molar-refractivity contribution in [1.29, 1.82) is 0 Å². The van der Waals surface area contributed by atoms with Crippen LogP contribution in [0.4, 0.5) is 17.1 Å². The van der Waals surface area contributed by atoms with Crippen molar-refractivity contribution in [1.82, 2.24) is 0 Å². The van der Waals surface area contributed by atoms with E-state index in [1.54, 1.807) is 0 Å². The maximum absolute atomic E-state index is 6.62. The molecule has 10 aromatic carbocycles. The number of rotatable bonds is 7. The highest BCUT2D eigenvalue weighted by Crippen LogP contribution is 2.60. The lowest BCUT2D eigenvalue weighted by atomic mass is 9.68. The number of benzene rings is 10. The molecule has 0 fully saturated rings. The van der Waals surface area contributed by atoms with Gasteiger partial charge >= 0.3 is 0 Å². The Morgan fingerprint density at radius 2 is 0.852 bits per heavy atom. The summed E-state index contributed by atoms with van der Waals surface area (Å²) < 4.78 is 6.62. The Hall–Kier alpha value is -7.94. The van der Waals surface area contributed by atoms with E-state index in [0.29, 0.717) is 0 Å². The van der Waals surface area contributed by atoms with Crippen LogP contribution in [0.3, 0.4) is 0 Å². The first-order valence-corrected chi connectivity index (χ1v) is 21.0. The molecule has 0 saturated heterocycles. The van der Waals surface area contributed by atoms with Crippen molar-refractivity contribution in [3.05, 3.63) is 259 Å². The third-order valence-electron chi connectivity index (χ3n) is 12.7. The average molecular weight is 778 g/mol. The quantitative estimate of drug-likeness (QED) is 0.160. The number of nitrogens with zero attached hydrogens (tertiary/aromatic N) is 1. The molecule has 61 heavy (non-hydrogen) atoms. The molecule has 286 valence electrons. The van der Waals surface area contributed by atoms with Crippen molar-refractivity contribution < 1.29 is 4.42 Å². The van der Waals surface area contributed by atoms with E-state index in [9.17, 15) is 0 Å². The second kappa shape index (κ2) is 14.1. The average Bonchev–Trinajstić information content (AvgIpc) is 3.87. The Kier molecular flexibility index (Phi) is 8.11. The molecule has 11 aromatic rings. The lowest BCUT2D eigenvalue weighted by Crippen LogP contribution is -2.28. The number of hydrogen-bond donors (Lipinski definition) is 0. The lowest BCUT2D eigenvalue weighted by molar-refractivity contribution is 0.669. The van der Waals surface area contributed by atoms with E-state index in [0.717, 1.165) is 44.6 Å². The van der Waals surface area contributed by atoms with Gasteiger partial charge in [0.15, 0.2) is 0 Å². The molecule has 0 atom stereocenters. The van der Waals surface area contributed by atoms with Gasteiger partial charge in [0.05, 0.1) is 27.9 Å². The van der Waals surface area contributed by atoms with Gasteiger partial charge in [-0.2, -0.15) is 0 Å². The molecule has 1 aliphatic rings. The van der Waals surface area contributed by atoms with Crippen LogP contribution in [0.1, 0.15) is 22.3 Å². The van der Waals surface area contributed by atoms with Gasteiger partial charge in [0.2, 0.25) is 0 Å². The van der Waals surface area contributed by atoms with Gasteiger partial charge in [-0.15, -0.1) is 0 Å². The van der Waals surface area contributed by atoms with Crippen LogP contribution in [0, 0.1) is 0 Å². The third-order valence-corrected chi connectivity index (χ3v) is 12.7. The van der Waals surface area contributed by atoms with Crippen LogP contribution >= 0.6 is 0 Å². The van der Waals surface area contributed by atoms with E-state index >= 15 is 0 Å². The molecule has 0 radical (unpaired) electrons. The topological polar surface area (TPSA) is 16.4 Å². The zero-order valence-corrected chi connectivity index (χ0v) is 33.4. The van der Waals surface area contributed by atoms with Gasteiger partial charge in [0, 0.05) is 16.5 Å². The van der Waals surface area contributed by atoms with Crippen LogP contribution in [-0.2, 0) is 5.41 Å². The lowest BCUT2D eigenvalue weighted by Gasteiger charge is -2.34. The second-order valence-corrected chi connectivity index (χ2v) is 15.9. The van der Waals surface area contributed by atoms with E-state index < -0.39 is 5.41 Å². The zero-order valence-electron chi connectivity index (χ0n) is 33.4. The summed E-state index contributed by atoms with van der Waals surface area (Å²) in [6.45, 7) is 0. The van der Waals surface area contributed by atoms with Crippen LogP contribution < -0.4 is 4.90 Å². The molecule has 12 rings (SSSR count). The van der Waals surface area contributed by atoms with Gasteiger partial charge in [0.1, 0.15) is 11.2 Å². The highest BCUT2D eigenvalue weighted by Gasteiger charge is 2.47. The summed E-state index contributed by atoms with van der Waals surface area (Å²) in [7, 11) is 0. The molecule has 0 unspecified atom stereocenters. The SMILES string of the molecule is c1ccc(-c2cccc3cccc(-c4ccccc4N(c4cccc5c4-c4ccccc4C5(c4ccccc4)c4ccccc4)c4cccc5oc6ccccc6c45)c23)cc1. The highest BCUT2D eigenvalue weighted by atomic mass is 16.3. The van der Waals surface area contributed by atoms with E-state index in [2.05, 4.69) is 241 Å². The fraction of sp³-hybridized carbons (Fsp3) is 0.0169. The van der Waals surface area contributed by atoms with Crippen LogP contribution in [0.5, 0.6) is 0 Å². The number of furan rings is 1. The maximum Gasteiger partial charge on any atom is 0.137 e. The summed E-state index contributed by atoms with van der Waals surface area (Å²) in [5.41, 5.74) is 16.6. The zero-order chi connectivity index (χ0) is 40.3. The molecule has 0 spiro atoms. The second-order valence-electron chi connectivity index (χ2n) is 15.9. The Labute approximate surface area is 355 Å². The fourth-order valence-corrected chi connectivity index (χ4v) is 10.3. The summed E-state index contributed by atoms with van der Waals surface area (Å²) in [4.78, 5) is 2.52. The molecule has 1 aromatic heterocycles. The number of fused-ring (bicyclic) bond motifs is 7. The first kappa shape index (κ1) is 35.0. The predicted molar refractivity (Wildman–Crippen MR) is 254 cm³/mol. The van der Waals surface area contributed by atoms with Crippen molar-refractivity contribution in [3.8, 4) is 33.4 Å². The molecule has 0 aliphatic heterocycles. The van der Waals surface area contributed by atoms with Crippen molar-refractivity contribution in [2.75, 3.05) is 4.90 Å². The highest BCUT2D eigenvalue weighted by molar-refractivity contribution is 6.16. The summed E-state index contributed by atoms with van der Waals surface area (Å²) in [5.74, 6) is 0. The third kappa shape index (κ3) is 5.29. The minimum Gasteiger partial charge on any atom is -0.456 e. The van der Waals surface area contributed by atoms with Gasteiger partial charge in [-0.25, -0.2) is 0 Å². The van der Waals surface area contributed by atoms with E-state index in [4.69, 9.17) is 4.42 Å². The fourth-order valence-electron chi connectivity index (χ4n) is 10.3. The first-order valence-electron chi connectivity index (χ1n) is 21.0. The van der Waals surface area contributed by atoms with Gasteiger partial charge in [-0.1, -0.05) is 206 Å². The van der Waals surface area contributed by atoms with E-state index in [1.807, 2.05) is 0 Å². The molecule has 2 heteroatoms. The maximum atomic E-state index is 6.62. The molecule has 2 nitrogen and oxygen atoms in total. The molecule has 0 bridgehead atoms. The number of hydrogen-bond acceptors (Lipinski definition) is 2. The van der Waals surface area contributed by atoms with Crippen LogP contribution in [0.15, 0.2) is 241 Å². The number of para-hydroxylation sites is 2. The van der Waals surface area contributed by atoms with Crippen molar-refractivity contribution in [2.24, 2.45) is 0 Å². The largest absolute Gasteiger partial charge is 0.456 e. The Morgan fingerprint density at radius 3 is 1.62 bits per heavy atom. The molecule has 0 amide bonds. The molecule has 1 heterocycles. The molecule has 0 N–H and O–H groups in total. The summed E-state index contributed by atoms with van der Waals surface area (Å²) >= 11 is 0. The molecular weight excluding hydrogens is 739 g/mol. The van der Waals surface area contributed by atoms with E-state index in [1.165, 1.54) is 60.8 Å². The van der Waals surface area contributed by atoms with Gasteiger partial charge in [0.25, 0.3) is 0 Å². The summed E-state index contributed by atoms with van der Waals surface area (Å²) in [5, 5.41) is 4.60. The Morgan fingerprint density at radius 1 is 0.328 bits per heavy atom. The molecule has 1 aliphatic carbocycles. The summed E-state index contributed by atoms with van der Waals surface area (Å²) in [6, 6.07) is 86.1. The minimum absolute atomic E-state index is 0.551. The van der Waals surface area contributed by atoms with E-state index in [-0.39, 0.29) is 0 Å². The molecular formula is C59H39NO. The van der Waals surface area contributed by atoms with Gasteiger partial charge in [-0.05, 0) is 85.6 Å². The molecule has 0 saturated carbocycles. The van der Waals surface area contributed by atoms with Gasteiger partial charge < -0.3 is 9.32 Å². The number of anilines is 3. The predicted octanol–water partition coefficient (Wildman–Crippen LogP) is 15.9. The standard InChI is InChI=1S/C59H39NO/c1-4-20-40(21-5-1)44-31-16-22-41-23-17-32-46(56(41)44)45-28-11-14-35-51(45)60(53-37-19-39-55-58(53)48-30-12-15-38-54(48)61-55)52-36-18-34-50-57(52)47-29-10-13-33-49(47)59(50,42-24-6-2-7-25-42)43-26-8-3-9-27-43/h1-39H. The first-order chi connectivity index (χ1) is 30.3. The van der Waals surface area contributed by atoms with Gasteiger partial charge in [-0.3, -0.25) is 0 Å².